The molecule has 3 nitrogen and oxygen atoms in total. The van der Waals surface area contributed by atoms with Crippen molar-refractivity contribution in [1.29, 1.82) is 0 Å². The number of hydrogen-bond donors (Lipinski definition) is 1. The van der Waals surface area contributed by atoms with E-state index >= 15 is 0 Å². The molecular weight excluding hydrogens is 262 g/mol. The van der Waals surface area contributed by atoms with Gasteiger partial charge in [0.2, 0.25) is 5.91 Å². The highest BCUT2D eigenvalue weighted by Crippen LogP contribution is 2.26. The zero-order valence-corrected chi connectivity index (χ0v) is 11.7. The number of likely N-dealkylation sites (tertiary alicyclic amines) is 1. The highest BCUT2D eigenvalue weighted by atomic mass is 35.5. The second-order valence-electron chi connectivity index (χ2n) is 5.06. The molecule has 1 aromatic carbocycles. The predicted molar refractivity (Wildman–Crippen MR) is 76.9 cm³/mol. The minimum Gasteiger partial charge on any atom is -0.386 e. The Morgan fingerprint density at radius 2 is 2.26 bits per heavy atom. The summed E-state index contributed by atoms with van der Waals surface area (Å²) >= 11 is 5.87. The van der Waals surface area contributed by atoms with Crippen molar-refractivity contribution in [2.75, 3.05) is 13.1 Å². The molecule has 1 aliphatic rings. The first-order valence-electron chi connectivity index (χ1n) is 6.47. The number of aliphatic hydroxyl groups is 1. The molecule has 4 heteroatoms. The molecule has 1 aliphatic heterocycles. The molecule has 1 N–H and O–H groups in total. The van der Waals surface area contributed by atoms with Gasteiger partial charge in [0.25, 0.3) is 0 Å². The van der Waals surface area contributed by atoms with Crippen LogP contribution in [-0.4, -0.2) is 34.6 Å². The molecule has 1 aromatic rings. The van der Waals surface area contributed by atoms with Crippen molar-refractivity contribution in [2.45, 2.75) is 25.4 Å². The number of amides is 1. The smallest absolute Gasteiger partial charge is 0.246 e. The molecule has 0 saturated carbocycles. The highest BCUT2D eigenvalue weighted by molar-refractivity contribution is 6.30. The van der Waals surface area contributed by atoms with Crippen LogP contribution in [0.2, 0.25) is 5.02 Å². The Balaban J connectivity index is 1.89. The van der Waals surface area contributed by atoms with Gasteiger partial charge in [-0.2, -0.15) is 0 Å². The van der Waals surface area contributed by atoms with Gasteiger partial charge in [0.1, 0.15) is 0 Å². The maximum absolute atomic E-state index is 11.9. The number of halogens is 1. The van der Waals surface area contributed by atoms with Crippen molar-refractivity contribution in [3.63, 3.8) is 0 Å². The summed E-state index contributed by atoms with van der Waals surface area (Å²) in [5, 5.41) is 10.7. The fraction of sp³-hybridized carbons (Fsp3) is 0.400. The van der Waals surface area contributed by atoms with Crippen LogP contribution in [0.1, 0.15) is 25.3 Å². The zero-order chi connectivity index (χ0) is 13.9. The van der Waals surface area contributed by atoms with Crippen molar-refractivity contribution in [3.8, 4) is 0 Å². The lowest BCUT2D eigenvalue weighted by atomic mass is 9.89. The molecule has 1 fully saturated rings. The first kappa shape index (κ1) is 14.1. The van der Waals surface area contributed by atoms with Gasteiger partial charge in [0, 0.05) is 11.1 Å². The fourth-order valence-corrected chi connectivity index (χ4v) is 2.53. The zero-order valence-electron chi connectivity index (χ0n) is 11.0. The van der Waals surface area contributed by atoms with Crippen LogP contribution in [0.5, 0.6) is 0 Å². The summed E-state index contributed by atoms with van der Waals surface area (Å²) in [6.07, 6.45) is 4.94. The molecule has 1 heterocycles. The molecule has 1 amide bonds. The third-order valence-corrected chi connectivity index (χ3v) is 3.50. The minimum atomic E-state index is -0.672. The van der Waals surface area contributed by atoms with E-state index in [9.17, 15) is 9.90 Å². The van der Waals surface area contributed by atoms with Crippen molar-refractivity contribution in [2.24, 2.45) is 0 Å². The molecule has 0 radical (unpaired) electrons. The van der Waals surface area contributed by atoms with Crippen molar-refractivity contribution < 1.29 is 9.90 Å². The van der Waals surface area contributed by atoms with Gasteiger partial charge in [0.05, 0.1) is 18.7 Å². The van der Waals surface area contributed by atoms with E-state index in [1.807, 2.05) is 19.1 Å². The van der Waals surface area contributed by atoms with Gasteiger partial charge < -0.3 is 10.0 Å². The summed E-state index contributed by atoms with van der Waals surface area (Å²) in [5.41, 5.74) is 0.221. The molecule has 1 saturated heterocycles. The molecule has 0 aromatic heterocycles. The van der Waals surface area contributed by atoms with E-state index in [0.29, 0.717) is 18.1 Å². The second-order valence-corrected chi connectivity index (χ2v) is 5.49. The lowest BCUT2D eigenvalue weighted by Gasteiger charge is -2.46. The van der Waals surface area contributed by atoms with E-state index < -0.39 is 5.60 Å². The van der Waals surface area contributed by atoms with Crippen LogP contribution >= 0.6 is 11.6 Å². The van der Waals surface area contributed by atoms with Gasteiger partial charge in [-0.15, -0.1) is 0 Å². The highest BCUT2D eigenvalue weighted by Gasteiger charge is 2.41. The topological polar surface area (TPSA) is 40.5 Å². The first-order valence-corrected chi connectivity index (χ1v) is 6.85. The number of carbonyl (C=O) groups is 1. The molecule has 0 bridgehead atoms. The summed E-state index contributed by atoms with van der Waals surface area (Å²) in [4.78, 5) is 13.5. The molecular formula is C15H18ClNO2. The van der Waals surface area contributed by atoms with Crippen LogP contribution in [0, 0.1) is 0 Å². The Morgan fingerprint density at radius 3 is 2.89 bits per heavy atom. The first-order chi connectivity index (χ1) is 9.02. The molecule has 2 rings (SSSR count). The molecule has 102 valence electrons. The Kier molecular flexibility index (Phi) is 4.27. The second kappa shape index (κ2) is 5.76. The molecule has 19 heavy (non-hydrogen) atoms. The maximum Gasteiger partial charge on any atom is 0.246 e. The van der Waals surface area contributed by atoms with Gasteiger partial charge in [-0.3, -0.25) is 4.79 Å². The molecule has 0 atom stereocenters. The monoisotopic (exact) mass is 279 g/mol. The number of nitrogens with zero attached hydrogens (tertiary/aromatic N) is 1. The average Bonchev–Trinajstić information content (AvgIpc) is 2.33. The summed E-state index contributed by atoms with van der Waals surface area (Å²) < 4.78 is 0. The molecule has 0 unspecified atom stereocenters. The minimum absolute atomic E-state index is 0.0687. The summed E-state index contributed by atoms with van der Waals surface area (Å²) in [6.45, 7) is 2.89. The van der Waals surface area contributed by atoms with Crippen molar-refractivity contribution in [3.05, 3.63) is 40.9 Å². The SMILES string of the molecule is CCCC1(O)CN(C(=O)C=Cc2cccc(Cl)c2)C1. The summed E-state index contributed by atoms with van der Waals surface area (Å²) in [7, 11) is 0. The van der Waals surface area contributed by atoms with Crippen molar-refractivity contribution >= 4 is 23.6 Å². The maximum atomic E-state index is 11.9. The number of hydrogen-bond acceptors (Lipinski definition) is 2. The van der Waals surface area contributed by atoms with E-state index in [-0.39, 0.29) is 5.91 Å². The van der Waals surface area contributed by atoms with E-state index in [0.717, 1.165) is 18.4 Å². The van der Waals surface area contributed by atoms with Gasteiger partial charge in [0.15, 0.2) is 0 Å². The standard InChI is InChI=1S/C15H18ClNO2/c1-2-8-15(19)10-17(11-15)14(18)7-6-12-4-3-5-13(16)9-12/h3-7,9,19H,2,8,10-11H2,1H3. The van der Waals surface area contributed by atoms with Crippen LogP contribution in [0.4, 0.5) is 0 Å². The van der Waals surface area contributed by atoms with Crippen LogP contribution in [-0.2, 0) is 4.79 Å². The normalized spacial score (nSPS) is 17.5. The number of rotatable bonds is 4. The van der Waals surface area contributed by atoms with Gasteiger partial charge in [-0.1, -0.05) is 37.1 Å². The largest absolute Gasteiger partial charge is 0.386 e. The fourth-order valence-electron chi connectivity index (χ4n) is 2.33. The van der Waals surface area contributed by atoms with Crippen LogP contribution in [0.15, 0.2) is 30.3 Å². The Hall–Kier alpha value is -1.32. The Morgan fingerprint density at radius 1 is 1.53 bits per heavy atom. The van der Waals surface area contributed by atoms with Crippen LogP contribution in [0.3, 0.4) is 0 Å². The van der Waals surface area contributed by atoms with Gasteiger partial charge in [-0.05, 0) is 30.2 Å². The summed E-state index contributed by atoms with van der Waals surface area (Å²) in [6, 6.07) is 7.32. The van der Waals surface area contributed by atoms with E-state index in [4.69, 9.17) is 11.6 Å². The third kappa shape index (κ3) is 3.58. The van der Waals surface area contributed by atoms with E-state index in [1.54, 1.807) is 23.1 Å². The quantitative estimate of drug-likeness (QED) is 0.861. The van der Waals surface area contributed by atoms with Gasteiger partial charge in [-0.25, -0.2) is 0 Å². The average molecular weight is 280 g/mol. The number of benzene rings is 1. The summed E-state index contributed by atoms with van der Waals surface area (Å²) in [5.74, 6) is -0.0687. The third-order valence-electron chi connectivity index (χ3n) is 3.26. The number of β-amino-alcohol motifs (C(OH)–C–C–N with tert-alkyl or cyclic N) is 1. The molecule has 0 spiro atoms. The Bertz CT molecular complexity index is 493. The van der Waals surface area contributed by atoms with Crippen LogP contribution < -0.4 is 0 Å². The lowest BCUT2D eigenvalue weighted by molar-refractivity contribution is -0.151. The lowest BCUT2D eigenvalue weighted by Crippen LogP contribution is -2.63. The van der Waals surface area contributed by atoms with E-state index in [2.05, 4.69) is 0 Å². The van der Waals surface area contributed by atoms with E-state index in [1.165, 1.54) is 6.08 Å². The molecule has 0 aliphatic carbocycles. The Labute approximate surface area is 118 Å². The van der Waals surface area contributed by atoms with Gasteiger partial charge >= 0.3 is 0 Å². The number of carbonyl (C=O) groups excluding carboxylic acids is 1. The predicted octanol–water partition coefficient (Wildman–Crippen LogP) is 2.73. The van der Waals surface area contributed by atoms with Crippen molar-refractivity contribution in [1.82, 2.24) is 4.90 Å². The van der Waals surface area contributed by atoms with Crippen LogP contribution in [0.25, 0.3) is 6.08 Å².